The summed E-state index contributed by atoms with van der Waals surface area (Å²) in [5, 5.41) is 16.8. The third-order valence-corrected chi connectivity index (χ3v) is 3.74. The van der Waals surface area contributed by atoms with E-state index in [-0.39, 0.29) is 24.0 Å². The average molecular weight is 315 g/mol. The van der Waals surface area contributed by atoms with Gasteiger partial charge in [-0.2, -0.15) is 5.10 Å². The van der Waals surface area contributed by atoms with Gasteiger partial charge in [0.1, 0.15) is 0 Å². The van der Waals surface area contributed by atoms with E-state index in [1.807, 2.05) is 58.0 Å². The van der Waals surface area contributed by atoms with Crippen molar-refractivity contribution >= 4 is 5.91 Å². The zero-order valence-electron chi connectivity index (χ0n) is 14.2. The van der Waals surface area contributed by atoms with Crippen LogP contribution in [-0.2, 0) is 5.41 Å². The topological polar surface area (TPSA) is 67.2 Å². The lowest BCUT2D eigenvalue weighted by molar-refractivity contribution is 0.0912. The molecule has 5 heteroatoms. The zero-order valence-corrected chi connectivity index (χ0v) is 14.2. The van der Waals surface area contributed by atoms with Gasteiger partial charge in [-0.15, -0.1) is 0 Å². The van der Waals surface area contributed by atoms with E-state index in [4.69, 9.17) is 0 Å². The fraction of sp³-hybridized carbons (Fsp3) is 0.444. The van der Waals surface area contributed by atoms with Gasteiger partial charge < -0.3 is 10.4 Å². The summed E-state index contributed by atoms with van der Waals surface area (Å²) in [5.41, 5.74) is 1.94. The van der Waals surface area contributed by atoms with Gasteiger partial charge in [0.15, 0.2) is 0 Å². The van der Waals surface area contributed by atoms with Crippen LogP contribution in [0.2, 0.25) is 0 Å². The molecule has 1 aromatic carbocycles. The van der Waals surface area contributed by atoms with E-state index in [0.29, 0.717) is 12.0 Å². The van der Waals surface area contributed by atoms with Crippen molar-refractivity contribution in [3.8, 4) is 5.69 Å². The summed E-state index contributed by atoms with van der Waals surface area (Å²) in [6, 6.07) is 9.47. The van der Waals surface area contributed by atoms with Crippen LogP contribution < -0.4 is 5.32 Å². The van der Waals surface area contributed by atoms with E-state index in [1.54, 1.807) is 10.9 Å². The zero-order chi connectivity index (χ0) is 17.0. The summed E-state index contributed by atoms with van der Waals surface area (Å²) in [5.74, 6) is -0.196. The molecule has 0 spiro atoms. The fourth-order valence-electron chi connectivity index (χ4n) is 2.35. The highest BCUT2D eigenvalue weighted by Gasteiger charge is 2.27. The van der Waals surface area contributed by atoms with Crippen molar-refractivity contribution in [3.05, 3.63) is 47.8 Å². The minimum atomic E-state index is -0.256. The minimum Gasteiger partial charge on any atom is -0.394 e. The van der Waals surface area contributed by atoms with Gasteiger partial charge in [0, 0.05) is 11.6 Å². The first-order chi connectivity index (χ1) is 10.9. The molecular weight excluding hydrogens is 290 g/mol. The van der Waals surface area contributed by atoms with Crippen LogP contribution >= 0.6 is 0 Å². The lowest BCUT2D eigenvalue weighted by atomic mass is 9.89. The van der Waals surface area contributed by atoms with E-state index < -0.39 is 0 Å². The summed E-state index contributed by atoms with van der Waals surface area (Å²) in [6.07, 6.45) is 2.44. The normalized spacial score (nSPS) is 12.9. The molecule has 23 heavy (non-hydrogen) atoms. The molecule has 0 bridgehead atoms. The molecule has 1 heterocycles. The quantitative estimate of drug-likeness (QED) is 0.891. The molecule has 0 saturated carbocycles. The molecule has 1 unspecified atom stereocenters. The van der Waals surface area contributed by atoms with Crippen molar-refractivity contribution in [2.45, 2.75) is 45.6 Å². The largest absolute Gasteiger partial charge is 0.394 e. The standard InChI is InChI=1S/C18H25N3O2/c1-5-13(12-22)19-17(23)15-11-21(14-9-7-6-8-10-14)20-16(15)18(2,3)4/h6-11,13,22H,5,12H2,1-4H3,(H,19,23). The van der Waals surface area contributed by atoms with E-state index >= 15 is 0 Å². The van der Waals surface area contributed by atoms with Crippen LogP contribution in [0.3, 0.4) is 0 Å². The molecule has 2 aromatic rings. The lowest BCUT2D eigenvalue weighted by Crippen LogP contribution is -2.37. The number of para-hydroxylation sites is 1. The van der Waals surface area contributed by atoms with Crippen molar-refractivity contribution in [3.63, 3.8) is 0 Å². The minimum absolute atomic E-state index is 0.0695. The molecule has 2 rings (SSSR count). The van der Waals surface area contributed by atoms with Gasteiger partial charge in [0.2, 0.25) is 0 Å². The smallest absolute Gasteiger partial charge is 0.255 e. The lowest BCUT2D eigenvalue weighted by Gasteiger charge is -2.19. The first-order valence-electron chi connectivity index (χ1n) is 7.94. The third-order valence-electron chi connectivity index (χ3n) is 3.74. The molecule has 0 aliphatic rings. The monoisotopic (exact) mass is 315 g/mol. The first-order valence-corrected chi connectivity index (χ1v) is 7.94. The molecule has 124 valence electrons. The summed E-state index contributed by atoms with van der Waals surface area (Å²) in [6.45, 7) is 7.96. The highest BCUT2D eigenvalue weighted by molar-refractivity contribution is 5.95. The predicted octanol–water partition coefficient (Wildman–Crippen LogP) is 2.67. The second-order valence-electron chi connectivity index (χ2n) is 6.68. The van der Waals surface area contributed by atoms with Crippen LogP contribution in [0.5, 0.6) is 0 Å². The highest BCUT2D eigenvalue weighted by Crippen LogP contribution is 2.25. The van der Waals surface area contributed by atoms with Crippen molar-refractivity contribution in [2.24, 2.45) is 0 Å². The van der Waals surface area contributed by atoms with Gasteiger partial charge >= 0.3 is 0 Å². The Morgan fingerprint density at radius 2 is 1.96 bits per heavy atom. The Labute approximate surface area is 137 Å². The average Bonchev–Trinajstić information content (AvgIpc) is 2.99. The number of aliphatic hydroxyl groups is 1. The Balaban J connectivity index is 2.41. The molecule has 5 nitrogen and oxygen atoms in total. The highest BCUT2D eigenvalue weighted by atomic mass is 16.3. The van der Waals surface area contributed by atoms with Gasteiger partial charge in [0.25, 0.3) is 5.91 Å². The maximum Gasteiger partial charge on any atom is 0.255 e. The van der Waals surface area contributed by atoms with Crippen molar-refractivity contribution in [2.75, 3.05) is 6.61 Å². The van der Waals surface area contributed by atoms with Crippen LogP contribution in [0.15, 0.2) is 36.5 Å². The molecule has 0 saturated heterocycles. The Kier molecular flexibility index (Phi) is 5.21. The predicted molar refractivity (Wildman–Crippen MR) is 90.9 cm³/mol. The second kappa shape index (κ2) is 6.96. The number of nitrogens with zero attached hydrogens (tertiary/aromatic N) is 2. The molecule has 0 aliphatic carbocycles. The molecule has 0 radical (unpaired) electrons. The number of nitrogens with one attached hydrogen (secondary N) is 1. The van der Waals surface area contributed by atoms with Gasteiger partial charge in [-0.3, -0.25) is 4.79 Å². The van der Waals surface area contributed by atoms with Crippen LogP contribution in [-0.4, -0.2) is 33.4 Å². The molecule has 0 aliphatic heterocycles. The molecule has 1 amide bonds. The number of aliphatic hydroxyl groups excluding tert-OH is 1. The van der Waals surface area contributed by atoms with E-state index in [1.165, 1.54) is 0 Å². The van der Waals surface area contributed by atoms with Crippen molar-refractivity contribution < 1.29 is 9.90 Å². The second-order valence-corrected chi connectivity index (χ2v) is 6.68. The maximum atomic E-state index is 12.6. The number of aromatic nitrogens is 2. The summed E-state index contributed by atoms with van der Waals surface area (Å²) < 4.78 is 1.73. The number of rotatable bonds is 5. The number of hydrogen-bond donors (Lipinski definition) is 2. The molecule has 1 aromatic heterocycles. The van der Waals surface area contributed by atoms with Gasteiger partial charge in [-0.1, -0.05) is 45.9 Å². The fourth-order valence-corrected chi connectivity index (χ4v) is 2.35. The van der Waals surface area contributed by atoms with Gasteiger partial charge in [-0.25, -0.2) is 4.68 Å². The summed E-state index contributed by atoms with van der Waals surface area (Å²) in [4.78, 5) is 12.6. The Morgan fingerprint density at radius 1 is 1.30 bits per heavy atom. The summed E-state index contributed by atoms with van der Waals surface area (Å²) in [7, 11) is 0. The van der Waals surface area contributed by atoms with Crippen LogP contribution in [0, 0.1) is 0 Å². The number of carbonyl (C=O) groups is 1. The first kappa shape index (κ1) is 17.2. The van der Waals surface area contributed by atoms with Crippen molar-refractivity contribution in [1.82, 2.24) is 15.1 Å². The Morgan fingerprint density at radius 3 is 2.48 bits per heavy atom. The van der Waals surface area contributed by atoms with Gasteiger partial charge in [0.05, 0.1) is 29.6 Å². The molecule has 0 fully saturated rings. The number of benzene rings is 1. The van der Waals surface area contributed by atoms with E-state index in [0.717, 1.165) is 11.4 Å². The number of carbonyl (C=O) groups excluding carboxylic acids is 1. The SMILES string of the molecule is CCC(CO)NC(=O)c1cn(-c2ccccc2)nc1C(C)(C)C. The van der Waals surface area contributed by atoms with E-state index in [2.05, 4.69) is 10.4 Å². The number of hydrogen-bond acceptors (Lipinski definition) is 3. The van der Waals surface area contributed by atoms with E-state index in [9.17, 15) is 9.90 Å². The maximum absolute atomic E-state index is 12.6. The summed E-state index contributed by atoms with van der Waals surface area (Å²) >= 11 is 0. The van der Waals surface area contributed by atoms with Crippen LogP contribution in [0.4, 0.5) is 0 Å². The molecular formula is C18H25N3O2. The molecule has 1 atom stereocenters. The third kappa shape index (κ3) is 3.99. The Hall–Kier alpha value is -2.14. The van der Waals surface area contributed by atoms with Crippen molar-refractivity contribution in [1.29, 1.82) is 0 Å². The molecule has 2 N–H and O–H groups in total. The van der Waals surface area contributed by atoms with Crippen LogP contribution in [0.25, 0.3) is 5.69 Å². The number of amides is 1. The van der Waals surface area contributed by atoms with Crippen LogP contribution in [0.1, 0.15) is 50.2 Å². The Bertz CT molecular complexity index is 653. The van der Waals surface area contributed by atoms with Gasteiger partial charge in [-0.05, 0) is 18.6 Å².